The maximum Gasteiger partial charge on any atom is 0.224 e. The molecule has 0 aliphatic carbocycles. The second-order valence-electron chi connectivity index (χ2n) is 4.77. The van der Waals surface area contributed by atoms with Crippen LogP contribution in [0.4, 0.5) is 0 Å². The predicted molar refractivity (Wildman–Crippen MR) is 81.2 cm³/mol. The molecule has 1 unspecified atom stereocenters. The van der Waals surface area contributed by atoms with E-state index in [0.29, 0.717) is 46.1 Å². The largest absolute Gasteiger partial charge is 0.394 e. The standard InChI is InChI=1S/C15H29NO5/c1-4-13(2)11-15(18)16-14(3)12-21-10-9-20-8-7-19-6-5-17/h14,17H,2,4-12H2,1,3H3,(H,16,18). The summed E-state index contributed by atoms with van der Waals surface area (Å²) in [5, 5.41) is 11.4. The average molecular weight is 303 g/mol. The van der Waals surface area contributed by atoms with Crippen LogP contribution in [0.5, 0.6) is 0 Å². The Labute approximate surface area is 127 Å². The summed E-state index contributed by atoms with van der Waals surface area (Å²) in [6, 6.07) is -0.0324. The molecule has 0 spiro atoms. The molecule has 1 atom stereocenters. The minimum absolute atomic E-state index is 0.0183. The lowest BCUT2D eigenvalue weighted by atomic mass is 10.1. The molecule has 0 aromatic heterocycles. The fraction of sp³-hybridized carbons (Fsp3) is 0.800. The van der Waals surface area contributed by atoms with Crippen molar-refractivity contribution in [2.75, 3.05) is 46.2 Å². The van der Waals surface area contributed by atoms with Crippen LogP contribution in [-0.2, 0) is 19.0 Å². The SMILES string of the molecule is C=C(CC)CC(=O)NC(C)COCCOCCOCCO. The smallest absolute Gasteiger partial charge is 0.224 e. The van der Waals surface area contributed by atoms with Gasteiger partial charge in [-0.05, 0) is 13.3 Å². The van der Waals surface area contributed by atoms with E-state index >= 15 is 0 Å². The fourth-order valence-electron chi connectivity index (χ4n) is 1.48. The van der Waals surface area contributed by atoms with Gasteiger partial charge in [-0.15, -0.1) is 0 Å². The molecule has 0 fully saturated rings. The molecule has 21 heavy (non-hydrogen) atoms. The molecule has 0 aromatic carbocycles. The van der Waals surface area contributed by atoms with Crippen molar-refractivity contribution in [3.05, 3.63) is 12.2 Å². The van der Waals surface area contributed by atoms with E-state index in [4.69, 9.17) is 19.3 Å². The lowest BCUT2D eigenvalue weighted by Gasteiger charge is -2.14. The normalized spacial score (nSPS) is 12.1. The molecule has 0 saturated heterocycles. The van der Waals surface area contributed by atoms with Crippen molar-refractivity contribution in [2.24, 2.45) is 0 Å². The molecule has 0 saturated carbocycles. The molecule has 0 heterocycles. The maximum absolute atomic E-state index is 11.6. The van der Waals surface area contributed by atoms with Crippen molar-refractivity contribution >= 4 is 5.91 Å². The molecule has 124 valence electrons. The quantitative estimate of drug-likeness (QED) is 0.368. The second-order valence-corrected chi connectivity index (χ2v) is 4.77. The first-order chi connectivity index (χ1) is 10.1. The Bertz CT molecular complexity index is 283. The summed E-state index contributed by atoms with van der Waals surface area (Å²) in [5.41, 5.74) is 0.928. The van der Waals surface area contributed by atoms with Crippen LogP contribution in [0.15, 0.2) is 12.2 Å². The van der Waals surface area contributed by atoms with Crippen LogP contribution in [0.1, 0.15) is 26.7 Å². The minimum Gasteiger partial charge on any atom is -0.394 e. The number of ether oxygens (including phenoxy) is 3. The van der Waals surface area contributed by atoms with E-state index in [1.54, 1.807) is 0 Å². The van der Waals surface area contributed by atoms with Crippen LogP contribution in [0.3, 0.4) is 0 Å². The highest BCUT2D eigenvalue weighted by atomic mass is 16.5. The molecule has 1 amide bonds. The van der Waals surface area contributed by atoms with Gasteiger partial charge in [0.25, 0.3) is 0 Å². The van der Waals surface area contributed by atoms with Crippen molar-refractivity contribution in [3.8, 4) is 0 Å². The summed E-state index contributed by atoms with van der Waals surface area (Å²) in [6.07, 6.45) is 1.19. The Kier molecular flexibility index (Phi) is 13.4. The number of hydrogen-bond acceptors (Lipinski definition) is 5. The van der Waals surface area contributed by atoms with Gasteiger partial charge in [-0.3, -0.25) is 4.79 Å². The molecule has 0 bridgehead atoms. The topological polar surface area (TPSA) is 77.0 Å². The first-order valence-electron chi connectivity index (χ1n) is 7.40. The second kappa shape index (κ2) is 14.0. The molecule has 0 aliphatic heterocycles. The fourth-order valence-corrected chi connectivity index (χ4v) is 1.48. The summed E-state index contributed by atoms with van der Waals surface area (Å²) >= 11 is 0. The Hall–Kier alpha value is -0.950. The zero-order valence-electron chi connectivity index (χ0n) is 13.2. The predicted octanol–water partition coefficient (Wildman–Crippen LogP) is 0.890. The molecule has 0 aliphatic rings. The van der Waals surface area contributed by atoms with Gasteiger partial charge in [-0.1, -0.05) is 19.1 Å². The van der Waals surface area contributed by atoms with Crippen molar-refractivity contribution < 1.29 is 24.1 Å². The Morgan fingerprint density at radius 2 is 1.71 bits per heavy atom. The van der Waals surface area contributed by atoms with Gasteiger partial charge >= 0.3 is 0 Å². The molecule has 6 nitrogen and oxygen atoms in total. The summed E-state index contributed by atoms with van der Waals surface area (Å²) in [6.45, 7) is 10.4. The highest BCUT2D eigenvalue weighted by Crippen LogP contribution is 2.02. The van der Waals surface area contributed by atoms with E-state index in [0.717, 1.165) is 12.0 Å². The van der Waals surface area contributed by atoms with Crippen LogP contribution >= 0.6 is 0 Å². The summed E-state index contributed by atoms with van der Waals surface area (Å²) < 4.78 is 15.7. The molecule has 2 N–H and O–H groups in total. The number of aliphatic hydroxyl groups is 1. The van der Waals surface area contributed by atoms with Gasteiger partial charge < -0.3 is 24.6 Å². The molecule has 0 aromatic rings. The van der Waals surface area contributed by atoms with Gasteiger partial charge in [0.15, 0.2) is 0 Å². The van der Waals surface area contributed by atoms with Crippen LogP contribution in [0, 0.1) is 0 Å². The van der Waals surface area contributed by atoms with E-state index in [1.807, 2.05) is 13.8 Å². The number of rotatable bonds is 14. The third-order valence-electron chi connectivity index (χ3n) is 2.67. The van der Waals surface area contributed by atoms with Gasteiger partial charge in [0, 0.05) is 12.5 Å². The van der Waals surface area contributed by atoms with Gasteiger partial charge in [0.05, 0.1) is 46.2 Å². The van der Waals surface area contributed by atoms with Gasteiger partial charge in [0.2, 0.25) is 5.91 Å². The molecule has 0 rings (SSSR count). The van der Waals surface area contributed by atoms with E-state index in [1.165, 1.54) is 0 Å². The van der Waals surface area contributed by atoms with Gasteiger partial charge in [-0.25, -0.2) is 0 Å². The number of hydrogen-bond donors (Lipinski definition) is 2. The van der Waals surface area contributed by atoms with Crippen LogP contribution in [0.25, 0.3) is 0 Å². The highest BCUT2D eigenvalue weighted by molar-refractivity contribution is 5.78. The maximum atomic E-state index is 11.6. The number of carbonyl (C=O) groups is 1. The van der Waals surface area contributed by atoms with Crippen molar-refractivity contribution in [2.45, 2.75) is 32.7 Å². The Morgan fingerprint density at radius 1 is 1.14 bits per heavy atom. The number of amides is 1. The van der Waals surface area contributed by atoms with Crippen molar-refractivity contribution in [3.63, 3.8) is 0 Å². The lowest BCUT2D eigenvalue weighted by Crippen LogP contribution is -2.36. The number of carbonyl (C=O) groups excluding carboxylic acids is 1. The van der Waals surface area contributed by atoms with E-state index < -0.39 is 0 Å². The van der Waals surface area contributed by atoms with E-state index in [-0.39, 0.29) is 18.6 Å². The van der Waals surface area contributed by atoms with Crippen molar-refractivity contribution in [1.29, 1.82) is 0 Å². The first kappa shape index (κ1) is 20.1. The van der Waals surface area contributed by atoms with Crippen LogP contribution in [0.2, 0.25) is 0 Å². The molecular weight excluding hydrogens is 274 g/mol. The monoisotopic (exact) mass is 303 g/mol. The third-order valence-corrected chi connectivity index (χ3v) is 2.67. The van der Waals surface area contributed by atoms with Crippen LogP contribution in [-0.4, -0.2) is 63.3 Å². The lowest BCUT2D eigenvalue weighted by molar-refractivity contribution is -0.121. The molecular formula is C15H29NO5. The van der Waals surface area contributed by atoms with E-state index in [9.17, 15) is 4.79 Å². The van der Waals surface area contributed by atoms with E-state index in [2.05, 4.69) is 11.9 Å². The van der Waals surface area contributed by atoms with Gasteiger partial charge in [-0.2, -0.15) is 0 Å². The Balaban J connectivity index is 3.39. The zero-order valence-corrected chi connectivity index (χ0v) is 13.2. The molecule has 6 heteroatoms. The Morgan fingerprint density at radius 3 is 2.29 bits per heavy atom. The van der Waals surface area contributed by atoms with Crippen molar-refractivity contribution in [1.82, 2.24) is 5.32 Å². The van der Waals surface area contributed by atoms with Gasteiger partial charge in [0.1, 0.15) is 0 Å². The average Bonchev–Trinajstić information content (AvgIpc) is 2.45. The number of nitrogens with one attached hydrogen (secondary N) is 1. The first-order valence-corrected chi connectivity index (χ1v) is 7.40. The third kappa shape index (κ3) is 13.8. The highest BCUT2D eigenvalue weighted by Gasteiger charge is 2.08. The van der Waals surface area contributed by atoms with Crippen LogP contribution < -0.4 is 5.32 Å². The zero-order chi connectivity index (χ0) is 15.9. The minimum atomic E-state index is -0.0324. The number of aliphatic hydroxyl groups excluding tert-OH is 1. The summed E-state index contributed by atoms with van der Waals surface area (Å²) in [5.74, 6) is -0.0183. The summed E-state index contributed by atoms with van der Waals surface area (Å²) in [4.78, 5) is 11.6. The summed E-state index contributed by atoms with van der Waals surface area (Å²) in [7, 11) is 0. The molecule has 0 radical (unpaired) electrons.